The van der Waals surface area contributed by atoms with Gasteiger partial charge in [0.2, 0.25) is 0 Å². The Morgan fingerprint density at radius 2 is 1.84 bits per heavy atom. The fourth-order valence-corrected chi connectivity index (χ4v) is 3.21. The van der Waals surface area contributed by atoms with Crippen molar-refractivity contribution in [2.75, 3.05) is 0 Å². The van der Waals surface area contributed by atoms with Crippen molar-refractivity contribution in [2.45, 2.75) is 31.3 Å². The first-order valence-electron chi connectivity index (χ1n) is 6.77. The summed E-state index contributed by atoms with van der Waals surface area (Å²) in [6.07, 6.45) is 3.95. The first kappa shape index (κ1) is 12.7. The lowest BCUT2D eigenvalue weighted by Gasteiger charge is -2.29. The molecule has 1 unspecified atom stereocenters. The van der Waals surface area contributed by atoms with E-state index < -0.39 is 5.60 Å². The van der Waals surface area contributed by atoms with Crippen molar-refractivity contribution in [3.05, 3.63) is 70.2 Å². The zero-order valence-electron chi connectivity index (χ0n) is 10.8. The maximum atomic E-state index is 11.2. The number of rotatable bonds is 1. The zero-order valence-corrected chi connectivity index (χ0v) is 11.5. The number of halogens is 1. The van der Waals surface area contributed by atoms with E-state index in [1.165, 1.54) is 5.56 Å². The van der Waals surface area contributed by atoms with Crippen LogP contribution in [0.25, 0.3) is 0 Å². The molecule has 98 valence electrons. The van der Waals surface area contributed by atoms with E-state index in [0.717, 1.165) is 36.8 Å². The highest BCUT2D eigenvalue weighted by Gasteiger charge is 2.34. The lowest BCUT2D eigenvalue weighted by atomic mass is 9.82. The van der Waals surface area contributed by atoms with Gasteiger partial charge in [-0.05, 0) is 54.5 Å². The van der Waals surface area contributed by atoms with Gasteiger partial charge in [0.1, 0.15) is 5.60 Å². The summed E-state index contributed by atoms with van der Waals surface area (Å²) in [7, 11) is 0. The fraction of sp³-hybridized carbons (Fsp3) is 0.294. The summed E-state index contributed by atoms with van der Waals surface area (Å²) in [5, 5.41) is 11.9. The summed E-state index contributed by atoms with van der Waals surface area (Å²) < 4.78 is 0. The van der Waals surface area contributed by atoms with Crippen LogP contribution in [0.2, 0.25) is 5.02 Å². The third-order valence-corrected chi connectivity index (χ3v) is 4.23. The highest BCUT2D eigenvalue weighted by atomic mass is 35.5. The van der Waals surface area contributed by atoms with Crippen molar-refractivity contribution < 1.29 is 5.11 Å². The van der Waals surface area contributed by atoms with Gasteiger partial charge in [0, 0.05) is 5.02 Å². The van der Waals surface area contributed by atoms with Gasteiger partial charge in [-0.25, -0.2) is 0 Å². The van der Waals surface area contributed by atoms with Crippen molar-refractivity contribution in [1.29, 1.82) is 0 Å². The molecule has 1 nitrogen and oxygen atoms in total. The van der Waals surface area contributed by atoms with Crippen LogP contribution >= 0.6 is 11.6 Å². The Morgan fingerprint density at radius 1 is 1.00 bits per heavy atom. The molecule has 0 heterocycles. The second kappa shape index (κ2) is 4.99. The molecule has 2 heteroatoms. The number of aryl methyl sites for hydroxylation is 1. The molecule has 3 rings (SSSR count). The largest absolute Gasteiger partial charge is 0.380 e. The molecule has 0 fully saturated rings. The molecule has 1 aliphatic carbocycles. The maximum Gasteiger partial charge on any atom is 0.115 e. The average molecular weight is 273 g/mol. The molecule has 1 atom stereocenters. The molecule has 0 saturated carbocycles. The Kier molecular flexibility index (Phi) is 3.34. The quantitative estimate of drug-likeness (QED) is 0.768. The first-order chi connectivity index (χ1) is 9.20. The minimum Gasteiger partial charge on any atom is -0.380 e. The van der Waals surface area contributed by atoms with Gasteiger partial charge in [-0.1, -0.05) is 48.0 Å². The van der Waals surface area contributed by atoms with Crippen LogP contribution in [-0.4, -0.2) is 5.11 Å². The van der Waals surface area contributed by atoms with Crippen LogP contribution in [0, 0.1) is 0 Å². The van der Waals surface area contributed by atoms with Crippen LogP contribution < -0.4 is 0 Å². The number of hydrogen-bond acceptors (Lipinski definition) is 1. The molecule has 19 heavy (non-hydrogen) atoms. The summed E-state index contributed by atoms with van der Waals surface area (Å²) >= 11 is 6.08. The lowest BCUT2D eigenvalue weighted by Crippen LogP contribution is -2.27. The Balaban J connectivity index is 2.17. The molecule has 0 aromatic heterocycles. The fourth-order valence-electron chi connectivity index (χ4n) is 3.02. The van der Waals surface area contributed by atoms with Crippen LogP contribution in [0.5, 0.6) is 0 Å². The topological polar surface area (TPSA) is 20.2 Å². The van der Waals surface area contributed by atoms with Crippen molar-refractivity contribution in [3.8, 4) is 0 Å². The number of fused-ring (bicyclic) bond motifs is 1. The van der Waals surface area contributed by atoms with E-state index in [0.29, 0.717) is 5.02 Å². The molecule has 0 aliphatic heterocycles. The van der Waals surface area contributed by atoms with Crippen LogP contribution in [0.4, 0.5) is 0 Å². The maximum absolute atomic E-state index is 11.2. The molecule has 0 radical (unpaired) electrons. The van der Waals surface area contributed by atoms with E-state index in [9.17, 15) is 5.11 Å². The molecule has 2 aromatic carbocycles. The second-order valence-electron chi connectivity index (χ2n) is 5.23. The molecular formula is C17H17ClO. The first-order valence-corrected chi connectivity index (χ1v) is 7.15. The van der Waals surface area contributed by atoms with Gasteiger partial charge in [-0.3, -0.25) is 0 Å². The standard InChI is InChI=1S/C17H17ClO/c18-15-9-5-8-14(12-15)17(19)11-4-3-7-13-6-1-2-10-16(13)17/h1-2,5-6,8-10,12,19H,3-4,7,11H2. The molecule has 1 aliphatic rings. The Labute approximate surface area is 118 Å². The highest BCUT2D eigenvalue weighted by Crippen LogP contribution is 2.39. The van der Waals surface area contributed by atoms with Crippen molar-refractivity contribution in [3.63, 3.8) is 0 Å². The van der Waals surface area contributed by atoms with Gasteiger partial charge in [-0.15, -0.1) is 0 Å². The van der Waals surface area contributed by atoms with E-state index in [-0.39, 0.29) is 0 Å². The number of aliphatic hydroxyl groups is 1. The van der Waals surface area contributed by atoms with Crippen LogP contribution in [0.1, 0.15) is 36.0 Å². The Bertz CT molecular complexity index is 593. The smallest absolute Gasteiger partial charge is 0.115 e. The van der Waals surface area contributed by atoms with E-state index in [1.807, 2.05) is 42.5 Å². The van der Waals surface area contributed by atoms with Gasteiger partial charge in [0.25, 0.3) is 0 Å². The van der Waals surface area contributed by atoms with Gasteiger partial charge in [0.15, 0.2) is 0 Å². The molecule has 0 bridgehead atoms. The van der Waals surface area contributed by atoms with Gasteiger partial charge < -0.3 is 5.11 Å². The van der Waals surface area contributed by atoms with Gasteiger partial charge in [-0.2, -0.15) is 0 Å². The number of benzene rings is 2. The third kappa shape index (κ3) is 2.29. The molecular weight excluding hydrogens is 256 g/mol. The summed E-state index contributed by atoms with van der Waals surface area (Å²) in [4.78, 5) is 0. The van der Waals surface area contributed by atoms with Crippen molar-refractivity contribution >= 4 is 11.6 Å². The predicted molar refractivity (Wildman–Crippen MR) is 78.4 cm³/mol. The third-order valence-electron chi connectivity index (χ3n) is 4.00. The van der Waals surface area contributed by atoms with E-state index in [4.69, 9.17) is 11.6 Å². The van der Waals surface area contributed by atoms with Crippen molar-refractivity contribution in [1.82, 2.24) is 0 Å². The average Bonchev–Trinajstić information content (AvgIpc) is 2.60. The van der Waals surface area contributed by atoms with E-state index >= 15 is 0 Å². The molecule has 0 spiro atoms. The van der Waals surface area contributed by atoms with Crippen LogP contribution in [0.3, 0.4) is 0 Å². The van der Waals surface area contributed by atoms with Crippen LogP contribution in [-0.2, 0) is 12.0 Å². The highest BCUT2D eigenvalue weighted by molar-refractivity contribution is 6.30. The Morgan fingerprint density at radius 3 is 2.68 bits per heavy atom. The van der Waals surface area contributed by atoms with E-state index in [2.05, 4.69) is 6.07 Å². The zero-order chi connectivity index (χ0) is 13.3. The molecule has 0 saturated heterocycles. The van der Waals surface area contributed by atoms with Gasteiger partial charge >= 0.3 is 0 Å². The normalized spacial score (nSPS) is 22.6. The molecule has 0 amide bonds. The van der Waals surface area contributed by atoms with Gasteiger partial charge in [0.05, 0.1) is 0 Å². The van der Waals surface area contributed by atoms with Crippen molar-refractivity contribution in [2.24, 2.45) is 0 Å². The summed E-state index contributed by atoms with van der Waals surface area (Å²) in [5.74, 6) is 0. The summed E-state index contributed by atoms with van der Waals surface area (Å²) in [5.41, 5.74) is 2.28. The minimum absolute atomic E-state index is 0.674. The monoisotopic (exact) mass is 272 g/mol. The minimum atomic E-state index is -0.905. The number of hydrogen-bond donors (Lipinski definition) is 1. The molecule has 1 N–H and O–H groups in total. The summed E-state index contributed by atoms with van der Waals surface area (Å²) in [6.45, 7) is 0. The molecule has 2 aromatic rings. The van der Waals surface area contributed by atoms with E-state index in [1.54, 1.807) is 0 Å². The lowest BCUT2D eigenvalue weighted by molar-refractivity contribution is 0.0705. The SMILES string of the molecule is OC1(c2cccc(Cl)c2)CCCCc2ccccc21. The predicted octanol–water partition coefficient (Wildman–Crippen LogP) is 4.30. The second-order valence-corrected chi connectivity index (χ2v) is 5.67. The van der Waals surface area contributed by atoms with Crippen LogP contribution in [0.15, 0.2) is 48.5 Å². The summed E-state index contributed by atoms with van der Waals surface area (Å²) in [6, 6.07) is 15.8. The Hall–Kier alpha value is -1.31.